The monoisotopic (exact) mass is 257 g/mol. The second-order valence-electron chi connectivity index (χ2n) is 3.79. The average molecular weight is 257 g/mol. The van der Waals surface area contributed by atoms with E-state index >= 15 is 0 Å². The lowest BCUT2D eigenvalue weighted by atomic mass is 10.1. The first kappa shape index (κ1) is 13.9. The first-order chi connectivity index (χ1) is 8.45. The van der Waals surface area contributed by atoms with E-state index in [9.17, 15) is 14.4 Å². The van der Waals surface area contributed by atoms with Gasteiger partial charge in [0.15, 0.2) is 5.71 Å². The molecule has 100 valence electrons. The molecule has 8 heteroatoms. The zero-order valence-electron chi connectivity index (χ0n) is 10.2. The summed E-state index contributed by atoms with van der Waals surface area (Å²) in [6, 6.07) is 0. The molecular formula is C10H15N3O5. The minimum atomic E-state index is -1.21. The van der Waals surface area contributed by atoms with Crippen molar-refractivity contribution in [2.45, 2.75) is 19.4 Å². The predicted molar refractivity (Wildman–Crippen MR) is 60.9 cm³/mol. The van der Waals surface area contributed by atoms with Crippen LogP contribution in [0.3, 0.4) is 0 Å². The van der Waals surface area contributed by atoms with Crippen molar-refractivity contribution >= 4 is 23.5 Å². The van der Waals surface area contributed by atoms with Crippen molar-refractivity contribution in [2.75, 3.05) is 20.1 Å². The van der Waals surface area contributed by atoms with Gasteiger partial charge >= 0.3 is 5.97 Å². The summed E-state index contributed by atoms with van der Waals surface area (Å²) in [5, 5.41) is 14.5. The van der Waals surface area contributed by atoms with Gasteiger partial charge in [0.05, 0.1) is 6.54 Å². The lowest BCUT2D eigenvalue weighted by molar-refractivity contribution is -0.143. The summed E-state index contributed by atoms with van der Waals surface area (Å²) in [5.74, 6) is -1.97. The van der Waals surface area contributed by atoms with Crippen LogP contribution < -0.4 is 5.32 Å². The van der Waals surface area contributed by atoms with Gasteiger partial charge in [-0.05, 0) is 6.92 Å². The molecule has 1 atom stereocenters. The number of carboxylic acid groups (broad SMARTS) is 1. The molecule has 0 aromatic heterocycles. The molecule has 1 aliphatic heterocycles. The van der Waals surface area contributed by atoms with Gasteiger partial charge in [0.25, 0.3) is 5.91 Å². The van der Waals surface area contributed by atoms with E-state index in [0.29, 0.717) is 6.54 Å². The Morgan fingerprint density at radius 1 is 1.56 bits per heavy atom. The van der Waals surface area contributed by atoms with Crippen LogP contribution in [0.25, 0.3) is 0 Å². The van der Waals surface area contributed by atoms with Crippen LogP contribution in [0.15, 0.2) is 5.16 Å². The van der Waals surface area contributed by atoms with Crippen LogP contribution in [0.1, 0.15) is 13.3 Å². The Bertz CT molecular complexity index is 393. The van der Waals surface area contributed by atoms with Gasteiger partial charge in [-0.2, -0.15) is 0 Å². The molecule has 8 nitrogen and oxygen atoms in total. The minimum absolute atomic E-state index is 0.0894. The van der Waals surface area contributed by atoms with Crippen LogP contribution in [0, 0.1) is 0 Å². The molecule has 0 aromatic rings. The second kappa shape index (κ2) is 5.99. The molecule has 2 N–H and O–H groups in total. The average Bonchev–Trinajstić information content (AvgIpc) is 2.77. The quantitative estimate of drug-likeness (QED) is 0.643. The number of carboxylic acids is 1. The van der Waals surface area contributed by atoms with Crippen molar-refractivity contribution in [3.8, 4) is 0 Å². The van der Waals surface area contributed by atoms with Crippen molar-refractivity contribution in [3.05, 3.63) is 0 Å². The molecule has 18 heavy (non-hydrogen) atoms. The summed E-state index contributed by atoms with van der Waals surface area (Å²) < 4.78 is 0. The van der Waals surface area contributed by atoms with E-state index in [1.54, 1.807) is 6.92 Å². The highest BCUT2D eigenvalue weighted by Crippen LogP contribution is 2.12. The number of aliphatic carboxylic acids is 1. The van der Waals surface area contributed by atoms with Crippen molar-refractivity contribution in [3.63, 3.8) is 0 Å². The second-order valence-corrected chi connectivity index (χ2v) is 3.79. The predicted octanol–water partition coefficient (Wildman–Crippen LogP) is -1.19. The fraction of sp³-hybridized carbons (Fsp3) is 0.600. The summed E-state index contributed by atoms with van der Waals surface area (Å²) in [4.78, 5) is 39.6. The number of hydrogen-bond donors (Lipinski definition) is 2. The number of oxime groups is 1. The Kier molecular flexibility index (Phi) is 4.64. The van der Waals surface area contributed by atoms with Gasteiger partial charge in [-0.25, -0.2) is 4.79 Å². The highest BCUT2D eigenvalue weighted by molar-refractivity contribution is 6.36. The lowest BCUT2D eigenvalue weighted by Crippen LogP contribution is -2.43. The van der Waals surface area contributed by atoms with Crippen molar-refractivity contribution < 1.29 is 24.3 Å². The topological polar surface area (TPSA) is 108 Å². The van der Waals surface area contributed by atoms with Crippen molar-refractivity contribution in [1.29, 1.82) is 0 Å². The van der Waals surface area contributed by atoms with Gasteiger partial charge in [0, 0.05) is 20.0 Å². The first-order valence-electron chi connectivity index (χ1n) is 5.43. The number of amides is 2. The number of nitrogens with zero attached hydrogens (tertiary/aromatic N) is 2. The molecule has 1 heterocycles. The highest BCUT2D eigenvalue weighted by Gasteiger charge is 2.33. The third-order valence-electron chi connectivity index (χ3n) is 2.32. The molecule has 1 rings (SSSR count). The van der Waals surface area contributed by atoms with E-state index in [1.807, 2.05) is 0 Å². The number of hydrogen-bond acceptors (Lipinski definition) is 5. The summed E-state index contributed by atoms with van der Waals surface area (Å²) in [6.45, 7) is 2.15. The van der Waals surface area contributed by atoms with Crippen LogP contribution >= 0.6 is 0 Å². The van der Waals surface area contributed by atoms with E-state index in [0.717, 1.165) is 0 Å². The fourth-order valence-corrected chi connectivity index (χ4v) is 1.43. The van der Waals surface area contributed by atoms with Crippen molar-refractivity contribution in [2.24, 2.45) is 5.16 Å². The molecule has 2 amide bonds. The molecular weight excluding hydrogens is 242 g/mol. The largest absolute Gasteiger partial charge is 0.477 e. The van der Waals surface area contributed by atoms with E-state index in [1.165, 1.54) is 11.9 Å². The van der Waals surface area contributed by atoms with E-state index < -0.39 is 18.0 Å². The number of carbonyl (C=O) groups excluding carboxylic acids is 2. The summed E-state index contributed by atoms with van der Waals surface area (Å²) in [5.41, 5.74) is -0.195. The first-order valence-corrected chi connectivity index (χ1v) is 5.43. The van der Waals surface area contributed by atoms with Crippen LogP contribution in [-0.2, 0) is 19.2 Å². The summed E-state index contributed by atoms with van der Waals surface area (Å²) in [7, 11) is 1.44. The molecule has 0 spiro atoms. The molecule has 0 bridgehead atoms. The molecule has 0 fully saturated rings. The molecule has 0 aromatic carbocycles. The Balaban J connectivity index is 2.47. The molecule has 1 aliphatic rings. The zero-order chi connectivity index (χ0) is 13.7. The maximum absolute atomic E-state index is 11.8. The van der Waals surface area contributed by atoms with Crippen LogP contribution in [0.2, 0.25) is 0 Å². The van der Waals surface area contributed by atoms with Crippen LogP contribution in [0.5, 0.6) is 0 Å². The molecule has 0 radical (unpaired) electrons. The maximum Gasteiger partial charge on any atom is 0.353 e. The van der Waals surface area contributed by atoms with E-state index in [-0.39, 0.29) is 24.6 Å². The SMILES string of the molecule is CCNC(=O)CN(C)C(=O)C1CC(C(=O)O)=NO1. The van der Waals surface area contributed by atoms with Crippen LogP contribution in [0.4, 0.5) is 0 Å². The number of carbonyl (C=O) groups is 3. The Hall–Kier alpha value is -2.12. The Morgan fingerprint density at radius 2 is 2.22 bits per heavy atom. The normalized spacial score (nSPS) is 17.7. The molecule has 1 unspecified atom stereocenters. The standard InChI is InChI=1S/C10H15N3O5/c1-3-11-8(14)5-13(2)9(15)7-4-6(10(16)17)12-18-7/h7H,3-5H2,1-2H3,(H,11,14)(H,16,17). The Morgan fingerprint density at radius 3 is 2.72 bits per heavy atom. The highest BCUT2D eigenvalue weighted by atomic mass is 16.6. The fourth-order valence-electron chi connectivity index (χ4n) is 1.43. The Labute approximate surface area is 104 Å². The number of likely N-dealkylation sites (N-methyl/N-ethyl adjacent to an activating group) is 2. The smallest absolute Gasteiger partial charge is 0.353 e. The molecule has 0 aliphatic carbocycles. The van der Waals surface area contributed by atoms with E-state index in [4.69, 9.17) is 9.94 Å². The van der Waals surface area contributed by atoms with Crippen LogP contribution in [-0.4, -0.2) is 59.7 Å². The van der Waals surface area contributed by atoms with Gasteiger partial charge in [0.2, 0.25) is 12.0 Å². The maximum atomic E-state index is 11.8. The summed E-state index contributed by atoms with van der Waals surface area (Å²) >= 11 is 0. The minimum Gasteiger partial charge on any atom is -0.477 e. The van der Waals surface area contributed by atoms with Gasteiger partial charge in [-0.1, -0.05) is 5.16 Å². The molecule has 0 saturated heterocycles. The van der Waals surface area contributed by atoms with Gasteiger partial charge in [-0.3, -0.25) is 9.59 Å². The van der Waals surface area contributed by atoms with Crippen molar-refractivity contribution in [1.82, 2.24) is 10.2 Å². The third kappa shape index (κ3) is 3.44. The third-order valence-corrected chi connectivity index (χ3v) is 2.32. The summed E-state index contributed by atoms with van der Waals surface area (Å²) in [6.07, 6.45) is -1.05. The van der Waals surface area contributed by atoms with Gasteiger partial charge < -0.3 is 20.2 Å². The van der Waals surface area contributed by atoms with Gasteiger partial charge in [0.1, 0.15) is 0 Å². The number of rotatable bonds is 5. The molecule has 0 saturated carbocycles. The van der Waals surface area contributed by atoms with E-state index in [2.05, 4.69) is 10.5 Å². The lowest BCUT2D eigenvalue weighted by Gasteiger charge is -2.18. The number of nitrogens with one attached hydrogen (secondary N) is 1. The zero-order valence-corrected chi connectivity index (χ0v) is 10.2. The van der Waals surface area contributed by atoms with Gasteiger partial charge in [-0.15, -0.1) is 0 Å².